The molecule has 0 aliphatic carbocycles. The molecule has 0 atom stereocenters. The zero-order valence-electron chi connectivity index (χ0n) is 9.81. The second-order valence-corrected chi connectivity index (χ2v) is 4.81. The van der Waals surface area contributed by atoms with Crippen LogP contribution in [-0.4, -0.2) is 15.7 Å². The van der Waals surface area contributed by atoms with E-state index in [1.165, 1.54) is 0 Å². The van der Waals surface area contributed by atoms with E-state index in [-0.39, 0.29) is 17.5 Å². The average molecular weight is 310 g/mol. The Morgan fingerprint density at radius 3 is 2.83 bits per heavy atom. The number of carbonyl (C=O) groups excluding carboxylic acids is 1. The van der Waals surface area contributed by atoms with Crippen LogP contribution in [0.15, 0.2) is 27.5 Å². The minimum atomic E-state index is -0.557. The van der Waals surface area contributed by atoms with Crippen LogP contribution in [-0.2, 0) is 17.8 Å². The van der Waals surface area contributed by atoms with Crippen LogP contribution >= 0.6 is 15.9 Å². The molecule has 0 aliphatic heterocycles. The maximum absolute atomic E-state index is 12.1. The summed E-state index contributed by atoms with van der Waals surface area (Å²) in [7, 11) is 0. The van der Waals surface area contributed by atoms with Crippen LogP contribution in [0.4, 0.5) is 0 Å². The van der Waals surface area contributed by atoms with Crippen molar-refractivity contribution in [2.24, 2.45) is 5.73 Å². The highest BCUT2D eigenvalue weighted by molar-refractivity contribution is 9.10. The summed E-state index contributed by atoms with van der Waals surface area (Å²) < 4.78 is 2.57. The van der Waals surface area contributed by atoms with Crippen molar-refractivity contribution in [2.45, 2.75) is 19.9 Å². The highest BCUT2D eigenvalue weighted by Gasteiger charge is 2.12. The first-order valence-corrected chi connectivity index (χ1v) is 6.29. The maximum atomic E-state index is 12.1. The normalized spacial score (nSPS) is 10.8. The molecule has 0 aliphatic rings. The molecule has 94 valence electrons. The summed E-state index contributed by atoms with van der Waals surface area (Å²) in [6, 6.07) is 5.35. The van der Waals surface area contributed by atoms with Gasteiger partial charge in [-0.25, -0.2) is 0 Å². The molecule has 0 saturated heterocycles. The Morgan fingerprint density at radius 1 is 1.50 bits per heavy atom. The summed E-state index contributed by atoms with van der Waals surface area (Å²) in [5.41, 5.74) is 5.82. The monoisotopic (exact) mass is 309 g/mol. The zero-order valence-corrected chi connectivity index (χ0v) is 11.4. The second-order valence-electron chi connectivity index (χ2n) is 3.90. The van der Waals surface area contributed by atoms with E-state index in [0.29, 0.717) is 11.9 Å². The van der Waals surface area contributed by atoms with Crippen molar-refractivity contribution in [3.63, 3.8) is 0 Å². The molecule has 0 radical (unpaired) electrons. The summed E-state index contributed by atoms with van der Waals surface area (Å²) in [4.78, 5) is 23.1. The van der Waals surface area contributed by atoms with Gasteiger partial charge in [0.15, 0.2) is 0 Å². The predicted molar refractivity (Wildman–Crippen MR) is 72.3 cm³/mol. The lowest BCUT2D eigenvalue weighted by atomic mass is 10.1. The molecule has 6 heteroatoms. The SMILES string of the molecule is CCn1nc(CC(N)=O)c(=O)c2ccc(Br)cc21. The quantitative estimate of drug-likeness (QED) is 0.925. The Labute approximate surface area is 112 Å². The van der Waals surface area contributed by atoms with Gasteiger partial charge in [-0.2, -0.15) is 5.10 Å². The van der Waals surface area contributed by atoms with Crippen LogP contribution in [0.2, 0.25) is 0 Å². The van der Waals surface area contributed by atoms with Crippen LogP contribution in [0.25, 0.3) is 10.9 Å². The zero-order chi connectivity index (χ0) is 13.3. The van der Waals surface area contributed by atoms with Gasteiger partial charge in [0, 0.05) is 16.4 Å². The van der Waals surface area contributed by atoms with Gasteiger partial charge in [0.2, 0.25) is 11.3 Å². The highest BCUT2D eigenvalue weighted by atomic mass is 79.9. The number of benzene rings is 1. The van der Waals surface area contributed by atoms with Crippen molar-refractivity contribution < 1.29 is 4.79 Å². The average Bonchev–Trinajstić information content (AvgIpc) is 2.32. The predicted octanol–water partition coefficient (Wildman–Crippen LogP) is 1.21. The lowest BCUT2D eigenvalue weighted by molar-refractivity contribution is -0.117. The van der Waals surface area contributed by atoms with Crippen LogP contribution < -0.4 is 11.2 Å². The van der Waals surface area contributed by atoms with Gasteiger partial charge in [0.1, 0.15) is 5.69 Å². The van der Waals surface area contributed by atoms with Gasteiger partial charge < -0.3 is 5.73 Å². The molecular formula is C12H12BrN3O2. The van der Waals surface area contributed by atoms with Gasteiger partial charge in [-0.15, -0.1) is 0 Å². The standard InChI is InChI=1S/C12H12BrN3O2/c1-2-16-10-5-7(13)3-4-8(10)12(18)9(15-16)6-11(14)17/h3-5H,2,6H2,1H3,(H2,14,17). The minimum Gasteiger partial charge on any atom is -0.369 e. The summed E-state index contributed by atoms with van der Waals surface area (Å²) in [5, 5.41) is 4.73. The van der Waals surface area contributed by atoms with Gasteiger partial charge in [0.25, 0.3) is 0 Å². The molecule has 1 heterocycles. The van der Waals surface area contributed by atoms with E-state index in [9.17, 15) is 9.59 Å². The number of amides is 1. The number of aromatic nitrogens is 2. The van der Waals surface area contributed by atoms with E-state index in [0.717, 1.165) is 9.99 Å². The number of aryl methyl sites for hydroxylation is 1. The Morgan fingerprint density at radius 2 is 2.22 bits per heavy atom. The van der Waals surface area contributed by atoms with Gasteiger partial charge in [-0.3, -0.25) is 14.3 Å². The largest absolute Gasteiger partial charge is 0.369 e. The van der Waals surface area contributed by atoms with E-state index >= 15 is 0 Å². The molecule has 1 aromatic heterocycles. The van der Waals surface area contributed by atoms with Crippen LogP contribution in [0.3, 0.4) is 0 Å². The Bertz CT molecular complexity index is 679. The number of nitrogens with two attached hydrogens (primary N) is 1. The molecule has 2 aromatic rings. The molecule has 1 amide bonds. The molecule has 0 unspecified atom stereocenters. The molecule has 0 spiro atoms. The minimum absolute atomic E-state index is 0.134. The molecule has 0 bridgehead atoms. The molecule has 2 N–H and O–H groups in total. The summed E-state index contributed by atoms with van der Waals surface area (Å²) >= 11 is 3.36. The van der Waals surface area contributed by atoms with E-state index in [2.05, 4.69) is 21.0 Å². The summed E-state index contributed by atoms with van der Waals surface area (Å²) in [6.07, 6.45) is -0.134. The first kappa shape index (κ1) is 12.8. The van der Waals surface area contributed by atoms with Crippen LogP contribution in [0.1, 0.15) is 12.6 Å². The van der Waals surface area contributed by atoms with E-state index < -0.39 is 5.91 Å². The topological polar surface area (TPSA) is 78.0 Å². The summed E-state index contributed by atoms with van der Waals surface area (Å²) in [5.74, 6) is -0.557. The number of fused-ring (bicyclic) bond motifs is 1. The van der Waals surface area contributed by atoms with Crippen LogP contribution in [0.5, 0.6) is 0 Å². The van der Waals surface area contributed by atoms with Gasteiger partial charge in [-0.05, 0) is 25.1 Å². The van der Waals surface area contributed by atoms with Gasteiger partial charge >= 0.3 is 0 Å². The van der Waals surface area contributed by atoms with Crippen LogP contribution in [0, 0.1) is 0 Å². The third kappa shape index (κ3) is 2.28. The van der Waals surface area contributed by atoms with Crippen molar-refractivity contribution in [1.82, 2.24) is 9.78 Å². The molecule has 0 saturated carbocycles. The maximum Gasteiger partial charge on any atom is 0.223 e. The fourth-order valence-electron chi connectivity index (χ4n) is 1.83. The number of halogens is 1. The van der Waals surface area contributed by atoms with Gasteiger partial charge in [0.05, 0.1) is 11.9 Å². The third-order valence-electron chi connectivity index (χ3n) is 2.63. The highest BCUT2D eigenvalue weighted by Crippen LogP contribution is 2.17. The van der Waals surface area contributed by atoms with Crippen molar-refractivity contribution in [1.29, 1.82) is 0 Å². The molecule has 2 rings (SSSR count). The first-order valence-electron chi connectivity index (χ1n) is 5.50. The fourth-order valence-corrected chi connectivity index (χ4v) is 2.18. The third-order valence-corrected chi connectivity index (χ3v) is 3.12. The number of nitrogens with zero attached hydrogens (tertiary/aromatic N) is 2. The number of hydrogen-bond donors (Lipinski definition) is 1. The molecule has 1 aromatic carbocycles. The molecule has 5 nitrogen and oxygen atoms in total. The molecular weight excluding hydrogens is 298 g/mol. The number of hydrogen-bond acceptors (Lipinski definition) is 3. The Kier molecular flexibility index (Phi) is 3.47. The smallest absolute Gasteiger partial charge is 0.223 e. The Hall–Kier alpha value is -1.69. The Balaban J connectivity index is 2.78. The number of primary amides is 1. The molecule has 0 fully saturated rings. The van der Waals surface area contributed by atoms with E-state index in [1.54, 1.807) is 16.8 Å². The first-order chi connectivity index (χ1) is 8.52. The molecule has 18 heavy (non-hydrogen) atoms. The lowest BCUT2D eigenvalue weighted by Gasteiger charge is -2.09. The van der Waals surface area contributed by atoms with E-state index in [1.807, 2.05) is 13.0 Å². The van der Waals surface area contributed by atoms with Crippen molar-refractivity contribution in [3.05, 3.63) is 38.6 Å². The fraction of sp³-hybridized carbons (Fsp3) is 0.250. The van der Waals surface area contributed by atoms with Crippen molar-refractivity contribution in [2.75, 3.05) is 0 Å². The number of rotatable bonds is 3. The van der Waals surface area contributed by atoms with Crippen molar-refractivity contribution in [3.8, 4) is 0 Å². The van der Waals surface area contributed by atoms with Crippen molar-refractivity contribution >= 4 is 32.7 Å². The number of carbonyl (C=O) groups is 1. The summed E-state index contributed by atoms with van der Waals surface area (Å²) in [6.45, 7) is 2.53. The lowest BCUT2D eigenvalue weighted by Crippen LogP contribution is -2.24. The van der Waals surface area contributed by atoms with E-state index in [4.69, 9.17) is 5.73 Å². The second kappa shape index (κ2) is 4.89. The van der Waals surface area contributed by atoms with Gasteiger partial charge in [-0.1, -0.05) is 15.9 Å².